The highest BCUT2D eigenvalue weighted by atomic mass is 32.2. The lowest BCUT2D eigenvalue weighted by atomic mass is 10.1. The molecule has 1 unspecified atom stereocenters. The van der Waals surface area contributed by atoms with Gasteiger partial charge in [0.15, 0.2) is 0 Å². The number of anilines is 1. The van der Waals surface area contributed by atoms with Crippen molar-refractivity contribution in [3.63, 3.8) is 0 Å². The van der Waals surface area contributed by atoms with Gasteiger partial charge in [-0.3, -0.25) is 4.72 Å². The van der Waals surface area contributed by atoms with E-state index < -0.39 is 10.2 Å². The Morgan fingerprint density at radius 3 is 2.75 bits per heavy atom. The number of nitrogens with zero attached hydrogens (tertiary/aromatic N) is 1. The van der Waals surface area contributed by atoms with E-state index >= 15 is 0 Å². The van der Waals surface area contributed by atoms with Crippen molar-refractivity contribution in [3.8, 4) is 11.5 Å². The van der Waals surface area contributed by atoms with E-state index in [1.165, 1.54) is 23.5 Å². The van der Waals surface area contributed by atoms with Gasteiger partial charge in [-0.2, -0.15) is 12.7 Å². The van der Waals surface area contributed by atoms with Crippen LogP contribution >= 0.6 is 0 Å². The highest BCUT2D eigenvalue weighted by Gasteiger charge is 2.29. The van der Waals surface area contributed by atoms with E-state index in [0.717, 1.165) is 19.3 Å². The summed E-state index contributed by atoms with van der Waals surface area (Å²) in [6, 6.07) is 4.43. The van der Waals surface area contributed by atoms with Gasteiger partial charge in [0.2, 0.25) is 0 Å². The molecule has 1 atom stereocenters. The zero-order valence-corrected chi connectivity index (χ0v) is 12.5. The molecular weight excluding hydrogens is 280 g/mol. The number of ether oxygens (including phenoxy) is 1. The van der Waals surface area contributed by atoms with Crippen molar-refractivity contribution >= 4 is 15.9 Å². The minimum absolute atomic E-state index is 0.0263. The van der Waals surface area contributed by atoms with E-state index in [0.29, 0.717) is 12.3 Å². The van der Waals surface area contributed by atoms with Crippen LogP contribution in [0, 0.1) is 0 Å². The van der Waals surface area contributed by atoms with Gasteiger partial charge in [0, 0.05) is 18.7 Å². The molecule has 1 aliphatic heterocycles. The molecule has 0 aliphatic carbocycles. The fourth-order valence-corrected chi connectivity index (χ4v) is 3.87. The van der Waals surface area contributed by atoms with Crippen LogP contribution in [0.25, 0.3) is 0 Å². The van der Waals surface area contributed by atoms with Crippen LogP contribution in [0.1, 0.15) is 26.2 Å². The third kappa shape index (κ3) is 3.16. The molecule has 1 aromatic carbocycles. The molecule has 0 amide bonds. The van der Waals surface area contributed by atoms with Crippen molar-refractivity contribution < 1.29 is 18.3 Å². The van der Waals surface area contributed by atoms with Gasteiger partial charge in [-0.25, -0.2) is 0 Å². The van der Waals surface area contributed by atoms with Crippen LogP contribution in [0.15, 0.2) is 18.2 Å². The summed E-state index contributed by atoms with van der Waals surface area (Å²) in [5, 5.41) is 9.82. The highest BCUT2D eigenvalue weighted by molar-refractivity contribution is 7.90. The molecule has 1 aromatic rings. The van der Waals surface area contributed by atoms with Crippen LogP contribution in [0.5, 0.6) is 11.5 Å². The van der Waals surface area contributed by atoms with Crippen LogP contribution in [0.4, 0.5) is 5.69 Å². The molecule has 0 radical (unpaired) electrons. The molecular formula is C13H20N2O4S. The lowest BCUT2D eigenvalue weighted by Crippen LogP contribution is -2.44. The average molecular weight is 300 g/mol. The Labute approximate surface area is 119 Å². The Morgan fingerprint density at radius 2 is 2.15 bits per heavy atom. The van der Waals surface area contributed by atoms with Gasteiger partial charge in [-0.15, -0.1) is 0 Å². The zero-order chi connectivity index (χ0) is 14.8. The van der Waals surface area contributed by atoms with Gasteiger partial charge in [0.25, 0.3) is 0 Å². The predicted octanol–water partition coefficient (Wildman–Crippen LogP) is 1.93. The summed E-state index contributed by atoms with van der Waals surface area (Å²) in [5.41, 5.74) is 0.156. The molecule has 6 nitrogen and oxygen atoms in total. The molecule has 7 heteroatoms. The van der Waals surface area contributed by atoms with Gasteiger partial charge < -0.3 is 9.84 Å². The van der Waals surface area contributed by atoms with Crippen molar-refractivity contribution in [3.05, 3.63) is 18.2 Å². The second-order valence-electron chi connectivity index (χ2n) is 4.95. The molecule has 1 aliphatic rings. The first-order valence-corrected chi connectivity index (χ1v) is 8.04. The van der Waals surface area contributed by atoms with Crippen LogP contribution in [0.3, 0.4) is 0 Å². The summed E-state index contributed by atoms with van der Waals surface area (Å²) in [7, 11) is -2.16. The van der Waals surface area contributed by atoms with E-state index in [1.54, 1.807) is 6.07 Å². The molecule has 1 heterocycles. The first-order chi connectivity index (χ1) is 9.44. The first kappa shape index (κ1) is 14.9. The van der Waals surface area contributed by atoms with Gasteiger partial charge in [-0.1, -0.05) is 6.42 Å². The Morgan fingerprint density at radius 1 is 1.40 bits per heavy atom. The van der Waals surface area contributed by atoms with Crippen LogP contribution < -0.4 is 9.46 Å². The molecule has 2 N–H and O–H groups in total. The largest absolute Gasteiger partial charge is 0.506 e. The van der Waals surface area contributed by atoms with Crippen LogP contribution in [0.2, 0.25) is 0 Å². The third-order valence-corrected chi connectivity index (χ3v) is 5.13. The number of aromatic hydroxyl groups is 1. The van der Waals surface area contributed by atoms with E-state index in [9.17, 15) is 13.5 Å². The molecule has 0 saturated carbocycles. The van der Waals surface area contributed by atoms with Gasteiger partial charge in [-0.05, 0) is 31.9 Å². The van der Waals surface area contributed by atoms with Crippen molar-refractivity contribution in [1.29, 1.82) is 0 Å². The second-order valence-corrected chi connectivity index (χ2v) is 6.57. The maximum Gasteiger partial charge on any atom is 0.302 e. The average Bonchev–Trinajstić information content (AvgIpc) is 2.41. The minimum atomic E-state index is -3.65. The number of piperidine rings is 1. The predicted molar refractivity (Wildman–Crippen MR) is 77.2 cm³/mol. The molecule has 112 valence electrons. The SMILES string of the molecule is COc1ccc(NS(=O)(=O)N2CCCCC2C)c(O)c1. The maximum atomic E-state index is 12.3. The summed E-state index contributed by atoms with van der Waals surface area (Å²) in [6.45, 7) is 2.40. The number of phenols is 1. The lowest BCUT2D eigenvalue weighted by molar-refractivity contribution is 0.270. The van der Waals surface area contributed by atoms with Crippen LogP contribution in [-0.4, -0.2) is 37.5 Å². The van der Waals surface area contributed by atoms with Crippen molar-refractivity contribution in [1.82, 2.24) is 4.31 Å². The molecule has 0 bridgehead atoms. The number of nitrogens with one attached hydrogen (secondary N) is 1. The third-order valence-electron chi connectivity index (χ3n) is 3.49. The standard InChI is InChI=1S/C13H20N2O4S/c1-10-5-3-4-8-15(10)20(17,18)14-12-7-6-11(19-2)9-13(12)16/h6-7,9-10,14,16H,3-5,8H2,1-2H3. The Bertz CT molecular complexity index is 574. The van der Waals surface area contributed by atoms with Crippen LogP contribution in [-0.2, 0) is 10.2 Å². The quantitative estimate of drug-likeness (QED) is 0.833. The number of methoxy groups -OCH3 is 1. The van der Waals surface area contributed by atoms with Gasteiger partial charge in [0.05, 0.1) is 12.8 Å². The normalized spacial score (nSPS) is 20.6. The monoisotopic (exact) mass is 300 g/mol. The van der Waals surface area contributed by atoms with E-state index in [-0.39, 0.29) is 17.5 Å². The highest BCUT2D eigenvalue weighted by Crippen LogP contribution is 2.30. The number of benzene rings is 1. The number of hydrogen-bond acceptors (Lipinski definition) is 4. The second kappa shape index (κ2) is 5.88. The summed E-state index contributed by atoms with van der Waals surface area (Å²) in [6.07, 6.45) is 2.76. The smallest absolute Gasteiger partial charge is 0.302 e. The molecule has 2 rings (SSSR count). The fraction of sp³-hybridized carbons (Fsp3) is 0.538. The molecule has 1 saturated heterocycles. The summed E-state index contributed by atoms with van der Waals surface area (Å²) in [4.78, 5) is 0. The first-order valence-electron chi connectivity index (χ1n) is 6.60. The summed E-state index contributed by atoms with van der Waals surface area (Å²) >= 11 is 0. The van der Waals surface area contributed by atoms with E-state index in [1.807, 2.05) is 6.92 Å². The van der Waals surface area contributed by atoms with Crippen molar-refractivity contribution in [2.45, 2.75) is 32.2 Å². The Balaban J connectivity index is 2.19. The minimum Gasteiger partial charge on any atom is -0.506 e. The van der Waals surface area contributed by atoms with Gasteiger partial charge in [0.1, 0.15) is 11.5 Å². The molecule has 0 spiro atoms. The fourth-order valence-electron chi connectivity index (χ4n) is 2.35. The Kier molecular flexibility index (Phi) is 4.39. The van der Waals surface area contributed by atoms with Crippen molar-refractivity contribution in [2.75, 3.05) is 18.4 Å². The summed E-state index contributed by atoms with van der Waals surface area (Å²) < 4.78 is 33.5. The summed E-state index contributed by atoms with van der Waals surface area (Å²) in [5.74, 6) is 0.314. The molecule has 0 aromatic heterocycles. The number of rotatable bonds is 4. The molecule has 20 heavy (non-hydrogen) atoms. The lowest BCUT2D eigenvalue weighted by Gasteiger charge is -2.32. The Hall–Kier alpha value is -1.47. The van der Waals surface area contributed by atoms with Gasteiger partial charge >= 0.3 is 10.2 Å². The van der Waals surface area contributed by atoms with E-state index in [2.05, 4.69) is 4.72 Å². The topological polar surface area (TPSA) is 78.9 Å². The number of hydrogen-bond donors (Lipinski definition) is 2. The molecule has 1 fully saturated rings. The maximum absolute atomic E-state index is 12.3. The van der Waals surface area contributed by atoms with E-state index in [4.69, 9.17) is 4.74 Å². The zero-order valence-electron chi connectivity index (χ0n) is 11.7. The van der Waals surface area contributed by atoms with Crippen molar-refractivity contribution in [2.24, 2.45) is 0 Å². The number of phenolic OH excluding ortho intramolecular Hbond substituents is 1.